The van der Waals surface area contributed by atoms with Crippen molar-refractivity contribution in [1.82, 2.24) is 16.1 Å². The second-order valence-corrected chi connectivity index (χ2v) is 24.5. The van der Waals surface area contributed by atoms with Gasteiger partial charge < -0.3 is 30.3 Å². The van der Waals surface area contributed by atoms with Crippen molar-refractivity contribution in [2.24, 2.45) is 98.3 Å². The summed E-state index contributed by atoms with van der Waals surface area (Å²) in [4.78, 5) is 33.2. The molecule has 3 N–H and O–H groups in total. The van der Waals surface area contributed by atoms with Gasteiger partial charge >= 0.3 is 0 Å². The van der Waals surface area contributed by atoms with E-state index in [4.69, 9.17) is 14.2 Å². The number of aliphatic imine (C=N–C) groups is 8. The van der Waals surface area contributed by atoms with Crippen LogP contribution in [0.1, 0.15) is 256 Å². The molecular weight excluding hydrogens is 1180 g/mol. The van der Waals surface area contributed by atoms with Crippen molar-refractivity contribution >= 4 is 88.5 Å². The smallest absolute Gasteiger partial charge is 0.186 e. The Kier molecular flexibility index (Phi) is 96.2. The lowest BCUT2D eigenvalue weighted by atomic mass is 10.0. The van der Waals surface area contributed by atoms with Crippen molar-refractivity contribution in [1.29, 1.82) is 0 Å². The van der Waals surface area contributed by atoms with E-state index in [0.717, 1.165) is 88.4 Å². The van der Waals surface area contributed by atoms with Gasteiger partial charge in [-0.25, -0.2) is 0 Å². The van der Waals surface area contributed by atoms with E-state index in [2.05, 4.69) is 186 Å². The van der Waals surface area contributed by atoms with Crippen LogP contribution in [0.25, 0.3) is 0 Å². The topological polar surface area (TPSA) is 175 Å². The summed E-state index contributed by atoms with van der Waals surface area (Å²) in [7, 11) is 0. The van der Waals surface area contributed by atoms with Gasteiger partial charge in [0.15, 0.2) is 18.7 Å². The number of ether oxygens (including phenoxy) is 3. The normalized spacial score (nSPS) is 20.0. The third-order valence-electron chi connectivity index (χ3n) is 11.8. The Morgan fingerprint density at radius 3 is 1.29 bits per heavy atom. The Morgan fingerprint density at radius 2 is 1.09 bits per heavy atom. The van der Waals surface area contributed by atoms with Gasteiger partial charge in [0.05, 0.1) is 79.2 Å². The van der Waals surface area contributed by atoms with Crippen LogP contribution in [0.2, 0.25) is 0 Å². The van der Waals surface area contributed by atoms with Crippen LogP contribution >= 0.6 is 35.3 Å². The van der Waals surface area contributed by atoms with Crippen LogP contribution in [-0.4, -0.2) is 159 Å². The number of amidine groups is 1. The number of thioether (sulfide) groups is 3. The summed E-state index contributed by atoms with van der Waals surface area (Å²) in [6.07, 6.45) is 8.26. The highest BCUT2D eigenvalue weighted by Gasteiger charge is 2.18. The summed E-state index contributed by atoms with van der Waals surface area (Å²) in [6.45, 7) is 83.4. The highest BCUT2D eigenvalue weighted by molar-refractivity contribution is 8.14. The fourth-order valence-corrected chi connectivity index (χ4v) is 9.18. The van der Waals surface area contributed by atoms with E-state index in [0.29, 0.717) is 71.7 Å². The molecule has 9 aliphatic heterocycles. The molecule has 15 nitrogen and oxygen atoms in total. The van der Waals surface area contributed by atoms with Crippen LogP contribution < -0.4 is 16.1 Å². The molecule has 0 bridgehead atoms. The van der Waals surface area contributed by atoms with Crippen molar-refractivity contribution in [3.05, 3.63) is 0 Å². The maximum atomic E-state index is 5.16. The first-order valence-corrected chi connectivity index (χ1v) is 38.9. The molecule has 0 saturated heterocycles. The van der Waals surface area contributed by atoms with Crippen LogP contribution in [0, 0.1) is 53.3 Å². The summed E-state index contributed by atoms with van der Waals surface area (Å²) in [5.41, 5.74) is 6.95. The summed E-state index contributed by atoms with van der Waals surface area (Å²) in [5.74, 6) is 10.3. The standard InChI is InChI=1S/3C6H12N2.3C6H11NO.3C6H11NS.9C2H6/c1-5(2)6-3-7-4-8-6;1-5(2)6-7-3-4-8-6;1-5(2)6-3-4-7-8-6;1-5(2)6-3-8-4-7-6;1-5(2)6-3-7-4-8-6;1-5(2)6-7-3-4-8-6;1-5(2)6-3-8-4-7-6;1-5(2)6-3-7-4-8-6;1-5(2)6-7-3-4-8-6;9*1-2/h4-6H,3H2,1-2H3,(H,7,8);5H,3-4H2,1-2H3,(H,7,8);4-6,8H,3H2,1-2H3;2*4-6H,3H2,1-2H3;5H,3-4H2,1-2H3;2*4-6H,3H2,1-2H3;5H,3-4H2,1-2H3;9*1-2H3. The first kappa shape index (κ1) is 106. The van der Waals surface area contributed by atoms with E-state index in [-0.39, 0.29) is 0 Å². The lowest BCUT2D eigenvalue weighted by molar-refractivity contribution is 0.179. The van der Waals surface area contributed by atoms with Gasteiger partial charge in [0.25, 0.3) is 0 Å². The van der Waals surface area contributed by atoms with Crippen molar-refractivity contribution in [2.75, 3.05) is 70.5 Å². The Bertz CT molecular complexity index is 1460. The van der Waals surface area contributed by atoms with Crippen molar-refractivity contribution in [3.63, 3.8) is 0 Å². The van der Waals surface area contributed by atoms with Gasteiger partial charge in [-0.05, 0) is 35.5 Å². The number of hydrogen-bond donors (Lipinski definition) is 3. The van der Waals surface area contributed by atoms with E-state index in [1.165, 1.54) is 22.4 Å². The average Bonchev–Trinajstić information content (AvgIpc) is 4.50. The van der Waals surface area contributed by atoms with Crippen LogP contribution in [0.4, 0.5) is 0 Å². The minimum Gasteiger partial charge on any atom is -0.481 e. The number of nitrogens with zero attached hydrogens (tertiary/aromatic N) is 9. The van der Waals surface area contributed by atoms with Gasteiger partial charge in [0, 0.05) is 66.3 Å². The highest BCUT2D eigenvalue weighted by Crippen LogP contribution is 2.22. The molecule has 0 aromatic carbocycles. The molecule has 0 saturated carbocycles. The van der Waals surface area contributed by atoms with E-state index >= 15 is 0 Å². The SMILES string of the molecule is CC.CC.CC.CC.CC.CC.CC.CC.CC.CC(C)C1=NCCN1.CC(C)C1=NCCO1.CC(C)C1=NCCS1.CC(C)C1CC=NN1.CC(C)C1CN=CN1.CC(C)C1CN=CO1.CC(C)C1CN=CS1.CC(C)C1COC=N1.CC(C)C1CSC=N1. The maximum absolute atomic E-state index is 5.16. The quantitative estimate of drug-likeness (QED) is 0.203. The third kappa shape index (κ3) is 65.0. The molecule has 0 fully saturated rings. The van der Waals surface area contributed by atoms with Crippen LogP contribution in [0.5, 0.6) is 0 Å². The van der Waals surface area contributed by atoms with Gasteiger partial charge in [-0.2, -0.15) is 5.10 Å². The first-order valence-electron chi connectivity index (χ1n) is 35.9. The lowest BCUT2D eigenvalue weighted by Gasteiger charge is -2.12. The van der Waals surface area contributed by atoms with Crippen LogP contribution in [-0.2, 0) is 14.2 Å². The minimum absolute atomic E-state index is 0.343. The number of hydrogen-bond acceptors (Lipinski definition) is 18. The van der Waals surface area contributed by atoms with Crippen molar-refractivity contribution < 1.29 is 14.2 Å². The molecule has 540 valence electrons. The second-order valence-electron chi connectivity index (χ2n) is 21.4. The molecule has 0 spiro atoms. The molecular formula is C72H156N12O3S3. The van der Waals surface area contributed by atoms with E-state index in [1.54, 1.807) is 19.1 Å². The number of hydrazone groups is 1. The Balaban J connectivity index is -0.000000113. The van der Waals surface area contributed by atoms with Gasteiger partial charge in [-0.3, -0.25) is 39.9 Å². The van der Waals surface area contributed by atoms with Gasteiger partial charge in [0.2, 0.25) is 0 Å². The van der Waals surface area contributed by atoms with Gasteiger partial charge in [0.1, 0.15) is 19.3 Å². The highest BCUT2D eigenvalue weighted by atomic mass is 32.2. The molecule has 6 atom stereocenters. The third-order valence-corrected chi connectivity index (χ3v) is 15.2. The number of rotatable bonds is 9. The Labute approximate surface area is 575 Å². The molecule has 90 heavy (non-hydrogen) atoms. The Morgan fingerprint density at radius 1 is 0.511 bits per heavy atom. The number of nitrogens with one attached hydrogen (secondary N) is 3. The fraction of sp³-hybridized carbons (Fsp3) is 0.875. The molecule has 0 aliphatic carbocycles. The van der Waals surface area contributed by atoms with Crippen LogP contribution in [0.15, 0.2) is 45.0 Å². The molecule has 0 radical (unpaired) electrons. The summed E-state index contributed by atoms with van der Waals surface area (Å²) in [6, 6.07) is 2.19. The van der Waals surface area contributed by atoms with Gasteiger partial charge in [-0.15, -0.1) is 35.3 Å². The van der Waals surface area contributed by atoms with Gasteiger partial charge in [-0.1, -0.05) is 249 Å². The van der Waals surface area contributed by atoms with Crippen molar-refractivity contribution in [3.8, 4) is 0 Å². The van der Waals surface area contributed by atoms with E-state index in [9.17, 15) is 0 Å². The molecule has 9 rings (SSSR count). The second kappa shape index (κ2) is 82.0. The lowest BCUT2D eigenvalue weighted by Crippen LogP contribution is -2.29. The van der Waals surface area contributed by atoms with E-state index < -0.39 is 0 Å². The summed E-state index contributed by atoms with van der Waals surface area (Å²) < 4.78 is 15.2. The van der Waals surface area contributed by atoms with Crippen molar-refractivity contribution in [2.45, 2.75) is 291 Å². The molecule has 18 heteroatoms. The molecule has 9 heterocycles. The predicted molar refractivity (Wildman–Crippen MR) is 425 cm³/mol. The molecule has 6 unspecified atom stereocenters. The summed E-state index contributed by atoms with van der Waals surface area (Å²) in [5, 5.41) is 12.4. The largest absolute Gasteiger partial charge is 0.481 e. The zero-order valence-corrected chi connectivity index (χ0v) is 68.5. The average molecular weight is 1330 g/mol. The summed E-state index contributed by atoms with van der Waals surface area (Å²) >= 11 is 5.58. The van der Waals surface area contributed by atoms with Crippen LogP contribution in [0.3, 0.4) is 0 Å². The predicted octanol–water partition coefficient (Wildman–Crippen LogP) is 20.1. The zero-order valence-electron chi connectivity index (χ0n) is 66.1. The maximum Gasteiger partial charge on any atom is 0.186 e. The first-order chi connectivity index (χ1) is 43.2. The molecule has 9 aliphatic rings. The minimum atomic E-state index is 0.343. The fourth-order valence-electron chi connectivity index (χ4n) is 6.46. The molecule has 0 aromatic rings. The van der Waals surface area contributed by atoms with E-state index in [1.807, 2.05) is 177 Å². The Hall–Kier alpha value is -3.12. The monoisotopic (exact) mass is 1330 g/mol. The zero-order chi connectivity index (χ0) is 71.8. The molecule has 0 amide bonds. The molecule has 0 aromatic heterocycles.